The van der Waals surface area contributed by atoms with E-state index < -0.39 is 11.9 Å². The van der Waals surface area contributed by atoms with Crippen molar-refractivity contribution in [3.05, 3.63) is 66.0 Å². The lowest BCUT2D eigenvalue weighted by molar-refractivity contribution is -0.167. The number of nitrogens with zero attached hydrogens (tertiary/aromatic N) is 1. The molecule has 0 aliphatic heterocycles. The molecular formula is C18H18FNO3. The molecule has 5 heteroatoms. The quantitative estimate of drug-likeness (QED) is 0.662. The first-order valence-corrected chi connectivity index (χ1v) is 7.16. The molecule has 2 aromatic rings. The fourth-order valence-electron chi connectivity index (χ4n) is 1.97. The Hall–Kier alpha value is -2.66. The number of hydrogen-bond acceptors (Lipinski definition) is 3. The molecule has 1 atom stereocenters. The van der Waals surface area contributed by atoms with E-state index >= 15 is 0 Å². The molecule has 0 spiro atoms. The Labute approximate surface area is 134 Å². The number of halogens is 1. The van der Waals surface area contributed by atoms with Gasteiger partial charge < -0.3 is 4.74 Å². The van der Waals surface area contributed by atoms with Crippen LogP contribution in [0.4, 0.5) is 4.39 Å². The van der Waals surface area contributed by atoms with Crippen molar-refractivity contribution < 1.29 is 19.1 Å². The van der Waals surface area contributed by atoms with Gasteiger partial charge in [0.05, 0.1) is 6.04 Å². The van der Waals surface area contributed by atoms with Crippen molar-refractivity contribution in [1.82, 2.24) is 5.06 Å². The molecule has 0 unspecified atom stereocenters. The van der Waals surface area contributed by atoms with Gasteiger partial charge >= 0.3 is 0 Å². The molecule has 0 saturated carbocycles. The summed E-state index contributed by atoms with van der Waals surface area (Å²) < 4.78 is 18.8. The van der Waals surface area contributed by atoms with E-state index in [-0.39, 0.29) is 5.82 Å². The number of carbonyl (C=O) groups excluding carboxylic acids is 1. The lowest BCUT2D eigenvalue weighted by atomic mass is 10.1. The summed E-state index contributed by atoms with van der Waals surface area (Å²) in [5.74, 6) is 0.195. The number of rotatable bonds is 5. The topological polar surface area (TPSA) is 49.8 Å². The van der Waals surface area contributed by atoms with Gasteiger partial charge in [0.2, 0.25) is 5.91 Å². The highest BCUT2D eigenvalue weighted by atomic mass is 19.1. The van der Waals surface area contributed by atoms with E-state index in [1.807, 2.05) is 6.07 Å². The van der Waals surface area contributed by atoms with Gasteiger partial charge in [0.15, 0.2) is 0 Å². The van der Waals surface area contributed by atoms with Gasteiger partial charge in [-0.15, -0.1) is 0 Å². The Kier molecular flexibility index (Phi) is 5.49. The normalized spacial score (nSPS) is 12.2. The molecule has 1 N–H and O–H groups in total. The van der Waals surface area contributed by atoms with Crippen LogP contribution < -0.4 is 4.74 Å². The molecule has 4 nitrogen and oxygen atoms in total. The van der Waals surface area contributed by atoms with Crippen LogP contribution in [-0.4, -0.2) is 22.2 Å². The van der Waals surface area contributed by atoms with Crippen molar-refractivity contribution in [2.75, 3.05) is 0 Å². The standard InChI is InChI=1S/C18H18FNO3/c1-13(20(22)14(2)21)9-10-15-5-3-7-17(11-15)23-18-8-4-6-16(19)12-18/h3-13,22H,1-2H3/b10-9+/t13-/m0/s1. The van der Waals surface area contributed by atoms with Gasteiger partial charge in [-0.1, -0.05) is 30.4 Å². The van der Waals surface area contributed by atoms with E-state index in [2.05, 4.69) is 0 Å². The van der Waals surface area contributed by atoms with Gasteiger partial charge in [-0.25, -0.2) is 9.45 Å². The number of amides is 1. The zero-order valence-corrected chi connectivity index (χ0v) is 12.9. The van der Waals surface area contributed by atoms with Crippen LogP contribution in [0.2, 0.25) is 0 Å². The van der Waals surface area contributed by atoms with Crippen LogP contribution in [0.15, 0.2) is 54.6 Å². The average molecular weight is 315 g/mol. The maximum absolute atomic E-state index is 13.2. The van der Waals surface area contributed by atoms with Crippen LogP contribution in [0.25, 0.3) is 6.08 Å². The lowest BCUT2D eigenvalue weighted by Gasteiger charge is -2.17. The second-order valence-electron chi connectivity index (χ2n) is 5.10. The summed E-state index contributed by atoms with van der Waals surface area (Å²) in [6.07, 6.45) is 3.47. The smallest absolute Gasteiger partial charge is 0.243 e. The van der Waals surface area contributed by atoms with Crippen LogP contribution >= 0.6 is 0 Å². The molecule has 0 saturated heterocycles. The summed E-state index contributed by atoms with van der Waals surface area (Å²) in [7, 11) is 0. The number of ether oxygens (including phenoxy) is 1. The maximum Gasteiger partial charge on any atom is 0.243 e. The van der Waals surface area contributed by atoms with Crippen molar-refractivity contribution in [3.63, 3.8) is 0 Å². The number of hydrogen-bond donors (Lipinski definition) is 1. The molecule has 2 rings (SSSR count). The van der Waals surface area contributed by atoms with E-state index in [0.717, 1.165) is 5.56 Å². The van der Waals surface area contributed by atoms with Crippen LogP contribution in [-0.2, 0) is 4.79 Å². The molecule has 120 valence electrons. The first-order valence-electron chi connectivity index (χ1n) is 7.16. The van der Waals surface area contributed by atoms with Crippen LogP contribution in [0.1, 0.15) is 19.4 Å². The van der Waals surface area contributed by atoms with Gasteiger partial charge in [-0.3, -0.25) is 10.0 Å². The van der Waals surface area contributed by atoms with Gasteiger partial charge in [0.25, 0.3) is 0 Å². The minimum atomic E-state index is -0.444. The zero-order valence-electron chi connectivity index (χ0n) is 12.9. The summed E-state index contributed by atoms with van der Waals surface area (Å²) in [6, 6.07) is 12.7. The minimum absolute atomic E-state index is 0.361. The number of carbonyl (C=O) groups is 1. The monoisotopic (exact) mass is 315 g/mol. The van der Waals surface area contributed by atoms with Crippen LogP contribution in [0, 0.1) is 5.82 Å². The van der Waals surface area contributed by atoms with Gasteiger partial charge in [0, 0.05) is 13.0 Å². The summed E-state index contributed by atoms with van der Waals surface area (Å²) >= 11 is 0. The predicted octanol–water partition coefficient (Wildman–Crippen LogP) is 4.26. The predicted molar refractivity (Wildman–Crippen MR) is 85.7 cm³/mol. The third-order valence-electron chi connectivity index (χ3n) is 3.17. The fraction of sp³-hybridized carbons (Fsp3) is 0.167. The van der Waals surface area contributed by atoms with Crippen molar-refractivity contribution in [2.45, 2.75) is 19.9 Å². The Morgan fingerprint density at radius 1 is 1.22 bits per heavy atom. The van der Waals surface area contributed by atoms with Crippen molar-refractivity contribution in [2.24, 2.45) is 0 Å². The highest BCUT2D eigenvalue weighted by molar-refractivity contribution is 5.72. The molecule has 2 aromatic carbocycles. The molecule has 0 heterocycles. The highest BCUT2D eigenvalue weighted by Gasteiger charge is 2.10. The van der Waals surface area contributed by atoms with E-state index in [9.17, 15) is 14.4 Å². The minimum Gasteiger partial charge on any atom is -0.457 e. The molecule has 0 aliphatic rings. The van der Waals surface area contributed by atoms with E-state index in [4.69, 9.17) is 4.74 Å². The Bertz CT molecular complexity index is 715. The SMILES string of the molecule is CC(=O)N(O)[C@@H](C)/C=C/c1cccc(Oc2cccc(F)c2)c1. The summed E-state index contributed by atoms with van der Waals surface area (Å²) in [4.78, 5) is 11.1. The molecule has 0 aliphatic carbocycles. The molecule has 0 radical (unpaired) electrons. The molecule has 1 amide bonds. The van der Waals surface area contributed by atoms with Crippen molar-refractivity contribution in [3.8, 4) is 11.5 Å². The van der Waals surface area contributed by atoms with E-state index in [1.165, 1.54) is 19.1 Å². The zero-order chi connectivity index (χ0) is 16.8. The average Bonchev–Trinajstić information content (AvgIpc) is 2.52. The maximum atomic E-state index is 13.2. The van der Waals surface area contributed by atoms with Gasteiger partial charge in [-0.05, 0) is 36.8 Å². The van der Waals surface area contributed by atoms with Crippen molar-refractivity contribution >= 4 is 12.0 Å². The summed E-state index contributed by atoms with van der Waals surface area (Å²) in [5, 5.41) is 10.2. The third kappa shape index (κ3) is 4.93. The lowest BCUT2D eigenvalue weighted by Crippen LogP contribution is -2.32. The van der Waals surface area contributed by atoms with E-state index in [1.54, 1.807) is 49.4 Å². The molecule has 0 aromatic heterocycles. The second kappa shape index (κ2) is 7.56. The third-order valence-corrected chi connectivity index (χ3v) is 3.17. The van der Waals surface area contributed by atoms with Gasteiger partial charge in [-0.2, -0.15) is 0 Å². The Morgan fingerprint density at radius 2 is 1.87 bits per heavy atom. The molecule has 0 fully saturated rings. The van der Waals surface area contributed by atoms with E-state index in [0.29, 0.717) is 16.6 Å². The van der Waals surface area contributed by atoms with Crippen LogP contribution in [0.3, 0.4) is 0 Å². The number of hydroxylamine groups is 2. The summed E-state index contributed by atoms with van der Waals surface area (Å²) in [5.41, 5.74) is 0.836. The largest absolute Gasteiger partial charge is 0.457 e. The first kappa shape index (κ1) is 16.7. The number of benzene rings is 2. The summed E-state index contributed by atoms with van der Waals surface area (Å²) in [6.45, 7) is 2.99. The molecule has 0 bridgehead atoms. The molecule has 23 heavy (non-hydrogen) atoms. The highest BCUT2D eigenvalue weighted by Crippen LogP contribution is 2.23. The molecular weight excluding hydrogens is 297 g/mol. The second-order valence-corrected chi connectivity index (χ2v) is 5.10. The first-order chi connectivity index (χ1) is 11.0. The van der Waals surface area contributed by atoms with Crippen molar-refractivity contribution in [1.29, 1.82) is 0 Å². The van der Waals surface area contributed by atoms with Gasteiger partial charge in [0.1, 0.15) is 17.3 Å². The van der Waals surface area contributed by atoms with Crippen LogP contribution in [0.5, 0.6) is 11.5 Å². The Morgan fingerprint density at radius 3 is 2.52 bits per heavy atom. The Balaban J connectivity index is 2.09. The fourth-order valence-corrected chi connectivity index (χ4v) is 1.97.